The number of nitrogens with zero attached hydrogens (tertiary/aromatic N) is 3. The van der Waals surface area contributed by atoms with Crippen molar-refractivity contribution in [3.05, 3.63) is 77.3 Å². The molecule has 0 saturated heterocycles. The summed E-state index contributed by atoms with van der Waals surface area (Å²) < 4.78 is 1.85. The number of rotatable bonds is 4. The molecule has 1 aromatic carbocycles. The highest BCUT2D eigenvalue weighted by molar-refractivity contribution is 6.30. The molecular weight excluding hydrogens is 400 g/mol. The van der Waals surface area contributed by atoms with Crippen molar-refractivity contribution in [1.82, 2.24) is 9.55 Å². The number of aliphatic hydroxyl groups excluding tert-OH is 1. The Hall–Kier alpha value is -3.14. The van der Waals surface area contributed by atoms with Crippen LogP contribution in [0.25, 0.3) is 5.69 Å². The van der Waals surface area contributed by atoms with Crippen LogP contribution in [0.15, 0.2) is 61.1 Å². The minimum Gasteiger partial charge on any atom is -0.393 e. The van der Waals surface area contributed by atoms with Crippen LogP contribution in [0, 0.1) is 11.3 Å². The topological polar surface area (TPSA) is 90.9 Å². The molecule has 2 heterocycles. The predicted molar refractivity (Wildman–Crippen MR) is 115 cm³/mol. The van der Waals surface area contributed by atoms with Crippen LogP contribution in [0.4, 0.5) is 5.69 Å². The average Bonchev–Trinajstić information content (AvgIpc) is 3.26. The second kappa shape index (κ2) is 8.31. The molecule has 1 fully saturated rings. The number of benzene rings is 1. The van der Waals surface area contributed by atoms with Crippen molar-refractivity contribution in [2.24, 2.45) is 0 Å². The van der Waals surface area contributed by atoms with Crippen molar-refractivity contribution in [2.45, 2.75) is 37.2 Å². The summed E-state index contributed by atoms with van der Waals surface area (Å²) in [5, 5.41) is 22.9. The number of aliphatic hydroxyl groups is 1. The predicted octanol–water partition coefficient (Wildman–Crippen LogP) is 4.47. The van der Waals surface area contributed by atoms with Crippen LogP contribution in [0.2, 0.25) is 5.02 Å². The highest BCUT2D eigenvalue weighted by Crippen LogP contribution is 2.38. The number of hydrogen-bond donors (Lipinski definition) is 2. The van der Waals surface area contributed by atoms with Gasteiger partial charge in [-0.05, 0) is 68.1 Å². The van der Waals surface area contributed by atoms with E-state index in [9.17, 15) is 15.2 Å². The van der Waals surface area contributed by atoms with Gasteiger partial charge in [0.15, 0.2) is 0 Å². The van der Waals surface area contributed by atoms with E-state index in [2.05, 4.69) is 16.4 Å². The van der Waals surface area contributed by atoms with E-state index in [0.717, 1.165) is 5.69 Å². The third kappa shape index (κ3) is 4.09. The number of amides is 1. The second-order valence-corrected chi connectivity index (χ2v) is 8.03. The molecule has 3 aromatic rings. The molecule has 7 heteroatoms. The van der Waals surface area contributed by atoms with Crippen LogP contribution in [-0.4, -0.2) is 26.7 Å². The number of anilines is 1. The van der Waals surface area contributed by atoms with E-state index in [4.69, 9.17) is 11.6 Å². The zero-order chi connectivity index (χ0) is 21.1. The Balaban J connectivity index is 1.45. The Morgan fingerprint density at radius 2 is 1.93 bits per heavy atom. The summed E-state index contributed by atoms with van der Waals surface area (Å²) in [4.78, 5) is 17.0. The maximum Gasteiger partial charge on any atom is 0.257 e. The molecule has 1 aliphatic carbocycles. The van der Waals surface area contributed by atoms with E-state index in [1.165, 1.54) is 0 Å². The van der Waals surface area contributed by atoms with Crippen LogP contribution in [0.5, 0.6) is 0 Å². The summed E-state index contributed by atoms with van der Waals surface area (Å²) in [6, 6.07) is 15.0. The Morgan fingerprint density at radius 1 is 1.20 bits per heavy atom. The van der Waals surface area contributed by atoms with Crippen molar-refractivity contribution in [3.8, 4) is 11.8 Å². The molecule has 0 aliphatic heterocycles. The zero-order valence-corrected chi connectivity index (χ0v) is 17.0. The Kier molecular flexibility index (Phi) is 5.58. The molecule has 0 bridgehead atoms. The molecule has 4 rings (SSSR count). The summed E-state index contributed by atoms with van der Waals surface area (Å²) in [7, 11) is 0. The lowest BCUT2D eigenvalue weighted by atomic mass is 9.72. The summed E-state index contributed by atoms with van der Waals surface area (Å²) in [6.07, 6.45) is 7.16. The van der Waals surface area contributed by atoms with Gasteiger partial charge in [-0.2, -0.15) is 5.26 Å². The molecule has 1 saturated carbocycles. The van der Waals surface area contributed by atoms with Crippen LogP contribution < -0.4 is 5.32 Å². The van der Waals surface area contributed by atoms with Crippen molar-refractivity contribution < 1.29 is 9.90 Å². The highest BCUT2D eigenvalue weighted by atomic mass is 35.5. The van der Waals surface area contributed by atoms with Crippen molar-refractivity contribution in [1.29, 1.82) is 5.26 Å². The van der Waals surface area contributed by atoms with E-state index in [-0.39, 0.29) is 12.0 Å². The normalized spacial score (nSPS) is 21.0. The van der Waals surface area contributed by atoms with Crippen molar-refractivity contribution in [2.75, 3.05) is 5.32 Å². The van der Waals surface area contributed by atoms with Gasteiger partial charge in [0.1, 0.15) is 0 Å². The van der Waals surface area contributed by atoms with Gasteiger partial charge in [-0.15, -0.1) is 0 Å². The first-order chi connectivity index (χ1) is 14.5. The number of nitrogens with one attached hydrogen (secondary N) is 1. The van der Waals surface area contributed by atoms with E-state index in [0.29, 0.717) is 47.7 Å². The zero-order valence-electron chi connectivity index (χ0n) is 16.3. The number of carbonyl (C=O) groups excluding carboxylic acids is 1. The summed E-state index contributed by atoms with van der Waals surface area (Å²) in [6.45, 7) is 0. The molecule has 0 unspecified atom stereocenters. The Morgan fingerprint density at radius 3 is 2.57 bits per heavy atom. The number of carbonyl (C=O) groups is 1. The Bertz CT molecular complexity index is 1080. The number of hydrogen-bond acceptors (Lipinski definition) is 4. The summed E-state index contributed by atoms with van der Waals surface area (Å²) in [5.41, 5.74) is 2.00. The van der Waals surface area contributed by atoms with E-state index in [1.54, 1.807) is 42.7 Å². The Labute approximate surface area is 179 Å². The van der Waals surface area contributed by atoms with Gasteiger partial charge in [0, 0.05) is 23.1 Å². The van der Waals surface area contributed by atoms with Gasteiger partial charge in [0.25, 0.3) is 5.91 Å². The molecule has 1 amide bonds. The van der Waals surface area contributed by atoms with Gasteiger partial charge >= 0.3 is 0 Å². The van der Waals surface area contributed by atoms with Gasteiger partial charge in [-0.3, -0.25) is 9.78 Å². The fourth-order valence-corrected chi connectivity index (χ4v) is 3.91. The summed E-state index contributed by atoms with van der Waals surface area (Å²) >= 11 is 5.92. The van der Waals surface area contributed by atoms with Gasteiger partial charge in [-0.1, -0.05) is 11.6 Å². The molecule has 2 N–H and O–H groups in total. The number of nitriles is 1. The van der Waals surface area contributed by atoms with Crippen LogP contribution in [0.3, 0.4) is 0 Å². The fraction of sp³-hybridized carbons (Fsp3) is 0.261. The molecule has 0 radical (unpaired) electrons. The first-order valence-electron chi connectivity index (χ1n) is 9.80. The first-order valence-corrected chi connectivity index (χ1v) is 10.2. The first kappa shape index (κ1) is 20.1. The summed E-state index contributed by atoms with van der Waals surface area (Å²) in [5.74, 6) is -0.243. The van der Waals surface area contributed by atoms with Gasteiger partial charge in [-0.25, -0.2) is 0 Å². The SMILES string of the molecule is N#C[C@]1(c2ccc(NC(=O)c3ccn(-c4ccc(Cl)cc4)c3)cn2)CC[C@H](O)CC1. The molecule has 1 aliphatic rings. The minimum absolute atomic E-state index is 0.243. The third-order valence-electron chi connectivity index (χ3n) is 5.61. The number of pyridine rings is 1. The highest BCUT2D eigenvalue weighted by Gasteiger charge is 2.37. The molecule has 152 valence electrons. The van der Waals surface area contributed by atoms with Gasteiger partial charge < -0.3 is 15.0 Å². The lowest BCUT2D eigenvalue weighted by molar-refractivity contribution is 0.102. The maximum absolute atomic E-state index is 12.6. The maximum atomic E-state index is 12.6. The quantitative estimate of drug-likeness (QED) is 0.651. The average molecular weight is 421 g/mol. The van der Waals surface area contributed by atoms with E-state index >= 15 is 0 Å². The van der Waals surface area contributed by atoms with E-state index < -0.39 is 5.41 Å². The van der Waals surface area contributed by atoms with Crippen LogP contribution in [0.1, 0.15) is 41.7 Å². The number of aromatic nitrogens is 2. The van der Waals surface area contributed by atoms with Gasteiger partial charge in [0.2, 0.25) is 0 Å². The molecule has 0 spiro atoms. The smallest absolute Gasteiger partial charge is 0.257 e. The van der Waals surface area contributed by atoms with Crippen LogP contribution >= 0.6 is 11.6 Å². The van der Waals surface area contributed by atoms with Crippen LogP contribution in [-0.2, 0) is 5.41 Å². The molecule has 0 atom stereocenters. The molecule has 30 heavy (non-hydrogen) atoms. The largest absolute Gasteiger partial charge is 0.393 e. The fourth-order valence-electron chi connectivity index (χ4n) is 3.78. The van der Waals surface area contributed by atoms with Crippen molar-refractivity contribution in [3.63, 3.8) is 0 Å². The van der Waals surface area contributed by atoms with E-state index in [1.807, 2.05) is 22.9 Å². The lowest BCUT2D eigenvalue weighted by Gasteiger charge is -2.32. The molecule has 6 nitrogen and oxygen atoms in total. The monoisotopic (exact) mass is 420 g/mol. The standard InChI is InChI=1S/C23H21ClN4O2/c24-17-1-4-19(5-2-17)28-12-9-16(14-28)22(30)27-18-3-6-21(26-13-18)23(15-25)10-7-20(29)8-11-23/h1-6,9,12-14,20,29H,7-8,10-11H2,(H,27,30)/t20-,23-. The van der Waals surface area contributed by atoms with Crippen molar-refractivity contribution >= 4 is 23.2 Å². The molecule has 2 aromatic heterocycles. The lowest BCUT2D eigenvalue weighted by Crippen LogP contribution is -2.33. The second-order valence-electron chi connectivity index (χ2n) is 7.60. The number of halogens is 1. The van der Waals surface area contributed by atoms with Gasteiger partial charge in [0.05, 0.1) is 40.7 Å². The minimum atomic E-state index is -0.669. The molecular formula is C23H21ClN4O2. The third-order valence-corrected chi connectivity index (χ3v) is 5.87.